The van der Waals surface area contributed by atoms with Gasteiger partial charge in [-0.1, -0.05) is 29.8 Å². The van der Waals surface area contributed by atoms with Crippen LogP contribution in [0.4, 0.5) is 4.39 Å². The van der Waals surface area contributed by atoms with Gasteiger partial charge >= 0.3 is 0 Å². The van der Waals surface area contributed by atoms with Crippen molar-refractivity contribution in [1.82, 2.24) is 0 Å². The van der Waals surface area contributed by atoms with Crippen LogP contribution >= 0.6 is 0 Å². The highest BCUT2D eigenvalue weighted by Crippen LogP contribution is 2.31. The first kappa shape index (κ1) is 14.5. The molecule has 0 bridgehead atoms. The van der Waals surface area contributed by atoms with Crippen LogP contribution < -0.4 is 10.5 Å². The van der Waals surface area contributed by atoms with Crippen molar-refractivity contribution in [2.45, 2.75) is 25.8 Å². The lowest BCUT2D eigenvalue weighted by Crippen LogP contribution is -2.36. The van der Waals surface area contributed by atoms with Gasteiger partial charge in [0.15, 0.2) is 0 Å². The number of halogens is 1. The van der Waals surface area contributed by atoms with Crippen LogP contribution in [0.1, 0.15) is 23.6 Å². The van der Waals surface area contributed by atoms with Crippen LogP contribution in [-0.4, -0.2) is 7.11 Å². The number of hydrogen-bond acceptors (Lipinski definition) is 2. The third-order valence-corrected chi connectivity index (χ3v) is 3.45. The number of benzene rings is 2. The summed E-state index contributed by atoms with van der Waals surface area (Å²) in [5.41, 5.74) is 9.00. The lowest BCUT2D eigenvalue weighted by atomic mass is 9.85. The Bertz CT molecular complexity index is 590. The maximum Gasteiger partial charge on any atom is 0.123 e. The second kappa shape index (κ2) is 5.63. The molecular weight excluding hydrogens is 253 g/mol. The van der Waals surface area contributed by atoms with Crippen molar-refractivity contribution in [3.05, 3.63) is 65.0 Å². The van der Waals surface area contributed by atoms with Crippen molar-refractivity contribution in [2.75, 3.05) is 7.11 Å². The van der Waals surface area contributed by atoms with Gasteiger partial charge < -0.3 is 10.5 Å². The third-order valence-electron chi connectivity index (χ3n) is 3.45. The molecule has 2 rings (SSSR count). The molecule has 3 heteroatoms. The van der Waals surface area contributed by atoms with Gasteiger partial charge in [-0.15, -0.1) is 0 Å². The summed E-state index contributed by atoms with van der Waals surface area (Å²) >= 11 is 0. The van der Waals surface area contributed by atoms with E-state index in [4.69, 9.17) is 10.5 Å². The quantitative estimate of drug-likeness (QED) is 0.924. The molecule has 0 amide bonds. The number of rotatable bonds is 4. The van der Waals surface area contributed by atoms with Crippen LogP contribution in [0, 0.1) is 12.7 Å². The van der Waals surface area contributed by atoms with Crippen molar-refractivity contribution in [2.24, 2.45) is 5.73 Å². The molecule has 2 nitrogen and oxygen atoms in total. The Morgan fingerprint density at radius 2 is 1.80 bits per heavy atom. The highest BCUT2D eigenvalue weighted by Gasteiger charge is 2.25. The summed E-state index contributed by atoms with van der Waals surface area (Å²) in [7, 11) is 1.64. The van der Waals surface area contributed by atoms with E-state index >= 15 is 0 Å². The van der Waals surface area contributed by atoms with E-state index in [0.717, 1.165) is 22.4 Å². The van der Waals surface area contributed by atoms with E-state index in [-0.39, 0.29) is 5.82 Å². The standard InChI is InChI=1S/C17H20FNO/c1-12-4-9-16(20-3)15(10-12)17(2,19)11-13-5-7-14(18)8-6-13/h4-10H,11,19H2,1-3H3. The minimum atomic E-state index is -0.574. The molecule has 0 aliphatic rings. The maximum atomic E-state index is 13.0. The second-order valence-electron chi connectivity index (χ2n) is 5.42. The topological polar surface area (TPSA) is 35.2 Å². The first-order valence-electron chi connectivity index (χ1n) is 6.61. The summed E-state index contributed by atoms with van der Waals surface area (Å²) in [5, 5.41) is 0. The minimum absolute atomic E-state index is 0.236. The SMILES string of the molecule is COc1ccc(C)cc1C(C)(N)Cc1ccc(F)cc1. The summed E-state index contributed by atoms with van der Waals surface area (Å²) in [4.78, 5) is 0. The summed E-state index contributed by atoms with van der Waals surface area (Å²) in [6.45, 7) is 3.99. The van der Waals surface area contributed by atoms with Gasteiger partial charge in [-0.3, -0.25) is 0 Å². The van der Waals surface area contributed by atoms with Gasteiger partial charge in [-0.2, -0.15) is 0 Å². The first-order chi connectivity index (χ1) is 9.42. The van der Waals surface area contributed by atoms with Gasteiger partial charge in [0.2, 0.25) is 0 Å². The molecule has 0 saturated heterocycles. The zero-order valence-corrected chi connectivity index (χ0v) is 12.1. The molecule has 0 saturated carbocycles. The smallest absolute Gasteiger partial charge is 0.123 e. The van der Waals surface area contributed by atoms with E-state index in [2.05, 4.69) is 0 Å². The first-order valence-corrected chi connectivity index (χ1v) is 6.61. The molecule has 1 atom stereocenters. The fourth-order valence-corrected chi connectivity index (χ4v) is 2.39. The Hall–Kier alpha value is -1.87. The van der Waals surface area contributed by atoms with Gasteiger partial charge in [0.25, 0.3) is 0 Å². The lowest BCUT2D eigenvalue weighted by molar-refractivity contribution is 0.386. The minimum Gasteiger partial charge on any atom is -0.496 e. The molecule has 2 N–H and O–H groups in total. The molecule has 0 aromatic heterocycles. The number of methoxy groups -OCH3 is 1. The normalized spacial score (nSPS) is 13.8. The van der Waals surface area contributed by atoms with Crippen molar-refractivity contribution < 1.29 is 9.13 Å². The molecule has 2 aromatic rings. The molecule has 0 fully saturated rings. The molecule has 2 aromatic carbocycles. The van der Waals surface area contributed by atoms with Gasteiger partial charge in [0.05, 0.1) is 7.11 Å². The van der Waals surface area contributed by atoms with Crippen LogP contribution in [0.5, 0.6) is 5.75 Å². The van der Waals surface area contributed by atoms with Crippen molar-refractivity contribution in [1.29, 1.82) is 0 Å². The summed E-state index contributed by atoms with van der Waals surface area (Å²) in [5.74, 6) is 0.545. The van der Waals surface area contributed by atoms with E-state index in [1.165, 1.54) is 12.1 Å². The van der Waals surface area contributed by atoms with Crippen LogP contribution in [0.15, 0.2) is 42.5 Å². The average molecular weight is 273 g/mol. The summed E-state index contributed by atoms with van der Waals surface area (Å²) in [6.07, 6.45) is 0.618. The van der Waals surface area contributed by atoms with E-state index in [1.807, 2.05) is 32.0 Å². The van der Waals surface area contributed by atoms with E-state index < -0.39 is 5.54 Å². The Labute approximate surface area is 119 Å². The molecule has 0 heterocycles. The zero-order chi connectivity index (χ0) is 14.8. The van der Waals surface area contributed by atoms with E-state index in [1.54, 1.807) is 19.2 Å². The van der Waals surface area contributed by atoms with Gasteiger partial charge in [0, 0.05) is 11.1 Å². The van der Waals surface area contributed by atoms with Crippen LogP contribution in [-0.2, 0) is 12.0 Å². The molecule has 20 heavy (non-hydrogen) atoms. The molecule has 0 aliphatic carbocycles. The predicted molar refractivity (Wildman–Crippen MR) is 79.4 cm³/mol. The summed E-state index contributed by atoms with van der Waals surface area (Å²) in [6, 6.07) is 12.4. The van der Waals surface area contributed by atoms with Gasteiger partial charge in [-0.25, -0.2) is 4.39 Å². The Morgan fingerprint density at radius 3 is 2.40 bits per heavy atom. The highest BCUT2D eigenvalue weighted by atomic mass is 19.1. The van der Waals surface area contributed by atoms with Crippen molar-refractivity contribution in [3.8, 4) is 5.75 Å². The van der Waals surface area contributed by atoms with Crippen LogP contribution in [0.25, 0.3) is 0 Å². The predicted octanol–water partition coefficient (Wildman–Crippen LogP) is 3.56. The van der Waals surface area contributed by atoms with Crippen LogP contribution in [0.3, 0.4) is 0 Å². The third kappa shape index (κ3) is 3.17. The zero-order valence-electron chi connectivity index (χ0n) is 12.1. The Kier molecular flexibility index (Phi) is 4.09. The Balaban J connectivity index is 2.34. The number of hydrogen-bond donors (Lipinski definition) is 1. The monoisotopic (exact) mass is 273 g/mol. The molecule has 0 aliphatic heterocycles. The van der Waals surface area contributed by atoms with Gasteiger partial charge in [0.1, 0.15) is 11.6 Å². The number of ether oxygens (including phenoxy) is 1. The second-order valence-corrected chi connectivity index (χ2v) is 5.42. The molecular formula is C17H20FNO. The fraction of sp³-hybridized carbons (Fsp3) is 0.294. The average Bonchev–Trinajstić information content (AvgIpc) is 2.41. The van der Waals surface area contributed by atoms with E-state index in [0.29, 0.717) is 6.42 Å². The summed E-state index contributed by atoms with van der Waals surface area (Å²) < 4.78 is 18.4. The van der Waals surface area contributed by atoms with Crippen molar-refractivity contribution in [3.63, 3.8) is 0 Å². The number of aryl methyl sites for hydroxylation is 1. The molecule has 1 unspecified atom stereocenters. The van der Waals surface area contributed by atoms with E-state index in [9.17, 15) is 4.39 Å². The van der Waals surface area contributed by atoms with Gasteiger partial charge in [-0.05, 0) is 44.0 Å². The van der Waals surface area contributed by atoms with Crippen molar-refractivity contribution >= 4 is 0 Å². The number of nitrogens with two attached hydrogens (primary N) is 1. The maximum absolute atomic E-state index is 13.0. The highest BCUT2D eigenvalue weighted by molar-refractivity contribution is 5.42. The Morgan fingerprint density at radius 1 is 1.15 bits per heavy atom. The molecule has 0 spiro atoms. The fourth-order valence-electron chi connectivity index (χ4n) is 2.39. The molecule has 106 valence electrons. The lowest BCUT2D eigenvalue weighted by Gasteiger charge is -2.27. The molecule has 0 radical (unpaired) electrons. The van der Waals surface area contributed by atoms with Crippen LogP contribution in [0.2, 0.25) is 0 Å². The largest absolute Gasteiger partial charge is 0.496 e.